The summed E-state index contributed by atoms with van der Waals surface area (Å²) in [4.78, 5) is 14.8. The second-order valence-corrected chi connectivity index (χ2v) is 7.42. The maximum atomic E-state index is 12.2. The van der Waals surface area contributed by atoms with Crippen molar-refractivity contribution in [2.75, 3.05) is 33.4 Å². The Bertz CT molecular complexity index is 564. The Balaban J connectivity index is 1.47. The molecular weight excluding hydrogens is 328 g/mol. The first-order valence-electron chi connectivity index (χ1n) is 10.0. The topological polar surface area (TPSA) is 50.8 Å². The van der Waals surface area contributed by atoms with Crippen molar-refractivity contribution in [3.05, 3.63) is 29.8 Å². The molecule has 1 saturated heterocycles. The summed E-state index contributed by atoms with van der Waals surface area (Å²) in [6, 6.07) is 8.29. The summed E-state index contributed by atoms with van der Waals surface area (Å²) in [7, 11) is 1.63. The third-order valence-electron chi connectivity index (χ3n) is 5.56. The molecule has 0 atom stereocenters. The summed E-state index contributed by atoms with van der Waals surface area (Å²) in [5.74, 6) is 0.708. The van der Waals surface area contributed by atoms with E-state index in [4.69, 9.17) is 9.47 Å². The molecule has 2 aliphatic rings. The van der Waals surface area contributed by atoms with Gasteiger partial charge in [-0.25, -0.2) is 0 Å². The summed E-state index contributed by atoms with van der Waals surface area (Å²) >= 11 is 0. The highest BCUT2D eigenvalue weighted by molar-refractivity contribution is 5.94. The van der Waals surface area contributed by atoms with Gasteiger partial charge in [-0.1, -0.05) is 25.3 Å². The normalized spacial score (nSPS) is 20.0. The second-order valence-electron chi connectivity index (χ2n) is 7.42. The molecule has 2 fully saturated rings. The fourth-order valence-electron chi connectivity index (χ4n) is 4.08. The first-order chi connectivity index (χ1) is 12.8. The smallest absolute Gasteiger partial charge is 0.251 e. The molecule has 0 bridgehead atoms. The van der Waals surface area contributed by atoms with Gasteiger partial charge < -0.3 is 19.7 Å². The minimum Gasteiger partial charge on any atom is -0.490 e. The largest absolute Gasteiger partial charge is 0.490 e. The van der Waals surface area contributed by atoms with Gasteiger partial charge in [0.05, 0.1) is 6.61 Å². The number of carbonyl (C=O) groups is 1. The molecule has 1 amide bonds. The van der Waals surface area contributed by atoms with Crippen LogP contribution in [0.1, 0.15) is 55.3 Å². The maximum absolute atomic E-state index is 12.2. The van der Waals surface area contributed by atoms with E-state index in [2.05, 4.69) is 10.2 Å². The van der Waals surface area contributed by atoms with Crippen LogP contribution in [0.5, 0.6) is 5.75 Å². The highest BCUT2D eigenvalue weighted by atomic mass is 16.5. The van der Waals surface area contributed by atoms with Crippen LogP contribution in [-0.2, 0) is 4.74 Å². The van der Waals surface area contributed by atoms with Crippen molar-refractivity contribution in [1.82, 2.24) is 10.2 Å². The van der Waals surface area contributed by atoms with E-state index in [1.165, 1.54) is 32.1 Å². The lowest BCUT2D eigenvalue weighted by atomic mass is 9.92. The van der Waals surface area contributed by atoms with E-state index in [0.717, 1.165) is 37.7 Å². The fourth-order valence-corrected chi connectivity index (χ4v) is 4.08. The number of piperidine rings is 1. The molecule has 0 radical (unpaired) electrons. The fraction of sp³-hybridized carbons (Fsp3) is 0.667. The number of nitrogens with one attached hydrogen (secondary N) is 1. The zero-order valence-electron chi connectivity index (χ0n) is 15.9. The molecule has 1 aromatic rings. The van der Waals surface area contributed by atoms with Crippen molar-refractivity contribution in [3.8, 4) is 5.75 Å². The van der Waals surface area contributed by atoms with Crippen molar-refractivity contribution >= 4 is 5.91 Å². The number of amides is 1. The van der Waals surface area contributed by atoms with Gasteiger partial charge in [-0.05, 0) is 43.9 Å². The number of ether oxygens (including phenoxy) is 2. The van der Waals surface area contributed by atoms with Crippen LogP contribution in [0.3, 0.4) is 0 Å². The van der Waals surface area contributed by atoms with Crippen LogP contribution < -0.4 is 10.1 Å². The molecule has 1 saturated carbocycles. The van der Waals surface area contributed by atoms with Crippen LogP contribution in [0.15, 0.2) is 24.3 Å². The number of benzene rings is 1. The predicted octanol–water partition coefficient (Wildman–Crippen LogP) is 3.24. The van der Waals surface area contributed by atoms with E-state index in [0.29, 0.717) is 18.7 Å². The number of nitrogens with zero attached hydrogens (tertiary/aromatic N) is 1. The first-order valence-corrected chi connectivity index (χ1v) is 10.0. The number of rotatable bonds is 7. The highest BCUT2D eigenvalue weighted by Gasteiger charge is 2.27. The summed E-state index contributed by atoms with van der Waals surface area (Å²) in [6.45, 7) is 3.29. The van der Waals surface area contributed by atoms with E-state index in [-0.39, 0.29) is 12.0 Å². The van der Waals surface area contributed by atoms with Gasteiger partial charge in [-0.3, -0.25) is 4.79 Å². The van der Waals surface area contributed by atoms with Gasteiger partial charge in [-0.2, -0.15) is 0 Å². The quantitative estimate of drug-likeness (QED) is 0.759. The summed E-state index contributed by atoms with van der Waals surface area (Å²) in [6.07, 6.45) is 9.31. The zero-order chi connectivity index (χ0) is 18.2. The molecule has 1 N–H and O–H groups in total. The molecule has 1 heterocycles. The van der Waals surface area contributed by atoms with Crippen LogP contribution >= 0.6 is 0 Å². The van der Waals surface area contributed by atoms with Crippen molar-refractivity contribution < 1.29 is 14.3 Å². The lowest BCUT2D eigenvalue weighted by Gasteiger charge is -2.39. The Hall–Kier alpha value is -1.59. The minimum atomic E-state index is -0.0837. The Morgan fingerprint density at radius 2 is 1.92 bits per heavy atom. The molecule has 1 aliphatic carbocycles. The van der Waals surface area contributed by atoms with Crippen molar-refractivity contribution in [1.29, 1.82) is 0 Å². The molecule has 1 aliphatic heterocycles. The molecule has 3 rings (SSSR count). The maximum Gasteiger partial charge on any atom is 0.251 e. The number of hydrogen-bond acceptors (Lipinski definition) is 4. The molecule has 0 aromatic heterocycles. The van der Waals surface area contributed by atoms with Crippen LogP contribution in [0.2, 0.25) is 0 Å². The summed E-state index contributed by atoms with van der Waals surface area (Å²) in [5, 5.41) is 2.85. The molecule has 0 spiro atoms. The van der Waals surface area contributed by atoms with Crippen molar-refractivity contribution in [2.24, 2.45) is 0 Å². The number of hydrogen-bond donors (Lipinski definition) is 1. The van der Waals surface area contributed by atoms with Gasteiger partial charge in [0.15, 0.2) is 0 Å². The number of likely N-dealkylation sites (tertiary alicyclic amines) is 1. The van der Waals surface area contributed by atoms with E-state index >= 15 is 0 Å². The lowest BCUT2D eigenvalue weighted by molar-refractivity contribution is 0.0629. The van der Waals surface area contributed by atoms with E-state index < -0.39 is 0 Å². The minimum absolute atomic E-state index is 0.0837. The van der Waals surface area contributed by atoms with E-state index in [1.54, 1.807) is 7.11 Å². The van der Waals surface area contributed by atoms with Crippen molar-refractivity contribution in [3.63, 3.8) is 0 Å². The van der Waals surface area contributed by atoms with Gasteiger partial charge in [0.1, 0.15) is 11.9 Å². The highest BCUT2D eigenvalue weighted by Crippen LogP contribution is 2.27. The van der Waals surface area contributed by atoms with Crippen LogP contribution in [0.25, 0.3) is 0 Å². The lowest BCUT2D eigenvalue weighted by Crippen LogP contribution is -2.44. The van der Waals surface area contributed by atoms with E-state index in [9.17, 15) is 4.79 Å². The second kappa shape index (κ2) is 9.93. The average molecular weight is 360 g/mol. The molecule has 5 heteroatoms. The first kappa shape index (κ1) is 19.2. The summed E-state index contributed by atoms with van der Waals surface area (Å²) in [5.41, 5.74) is 0.637. The van der Waals surface area contributed by atoms with Gasteiger partial charge >= 0.3 is 0 Å². The number of carbonyl (C=O) groups excluding carboxylic acids is 1. The third-order valence-corrected chi connectivity index (χ3v) is 5.56. The zero-order valence-corrected chi connectivity index (χ0v) is 15.9. The molecular formula is C21H32N2O3. The number of methoxy groups -OCH3 is 1. The van der Waals surface area contributed by atoms with Crippen LogP contribution in [0.4, 0.5) is 0 Å². The molecule has 0 unspecified atom stereocenters. The standard InChI is InChI=1S/C21H32N2O3/c1-25-15-12-22-21(24)17-6-5-9-20(16-17)26-19-10-13-23(14-11-19)18-7-3-2-4-8-18/h5-6,9,16,18-19H,2-4,7-8,10-15H2,1H3,(H,22,24). The Labute approximate surface area is 157 Å². The Morgan fingerprint density at radius 3 is 2.65 bits per heavy atom. The molecule has 1 aromatic carbocycles. The van der Waals surface area contributed by atoms with Gasteiger partial charge in [0.25, 0.3) is 5.91 Å². The SMILES string of the molecule is COCCNC(=O)c1cccc(OC2CCN(C3CCCCC3)CC2)c1. The molecule has 26 heavy (non-hydrogen) atoms. The molecule has 5 nitrogen and oxygen atoms in total. The third kappa shape index (κ3) is 5.45. The van der Waals surface area contributed by atoms with Gasteiger partial charge in [0.2, 0.25) is 0 Å². The Morgan fingerprint density at radius 1 is 1.15 bits per heavy atom. The predicted molar refractivity (Wildman–Crippen MR) is 103 cm³/mol. The van der Waals surface area contributed by atoms with Crippen LogP contribution in [-0.4, -0.2) is 56.3 Å². The van der Waals surface area contributed by atoms with E-state index in [1.807, 2.05) is 24.3 Å². The van der Waals surface area contributed by atoms with Gasteiger partial charge in [-0.15, -0.1) is 0 Å². The Kier molecular flexibility index (Phi) is 7.32. The van der Waals surface area contributed by atoms with Crippen molar-refractivity contribution in [2.45, 2.75) is 57.1 Å². The summed E-state index contributed by atoms with van der Waals surface area (Å²) < 4.78 is 11.1. The van der Waals surface area contributed by atoms with Crippen LogP contribution in [0, 0.1) is 0 Å². The van der Waals surface area contributed by atoms with Gasteiger partial charge in [0, 0.05) is 38.3 Å². The monoisotopic (exact) mass is 360 g/mol. The average Bonchev–Trinajstić information content (AvgIpc) is 2.69. The molecule has 144 valence electrons.